The van der Waals surface area contributed by atoms with Crippen LogP contribution in [0.5, 0.6) is 5.75 Å². The molecule has 3 rings (SSSR count). The van der Waals surface area contributed by atoms with Gasteiger partial charge in [-0.05, 0) is 34.5 Å². The van der Waals surface area contributed by atoms with Crippen molar-refractivity contribution in [1.29, 1.82) is 0 Å². The van der Waals surface area contributed by atoms with Crippen LogP contribution in [0.15, 0.2) is 36.4 Å². The second-order valence-corrected chi connectivity index (χ2v) is 5.78. The minimum atomic E-state index is -0.757. The van der Waals surface area contributed by atoms with Crippen LogP contribution in [0.3, 0.4) is 0 Å². The van der Waals surface area contributed by atoms with E-state index in [1.165, 1.54) is 0 Å². The van der Waals surface area contributed by atoms with Crippen LogP contribution < -0.4 is 4.74 Å². The van der Waals surface area contributed by atoms with Gasteiger partial charge in [0.25, 0.3) is 0 Å². The van der Waals surface area contributed by atoms with Crippen molar-refractivity contribution >= 4 is 16.7 Å². The van der Waals surface area contributed by atoms with E-state index >= 15 is 0 Å². The maximum absolute atomic E-state index is 10.7. The number of morpholine rings is 1. The van der Waals surface area contributed by atoms with Gasteiger partial charge in [-0.15, -0.1) is 0 Å². The summed E-state index contributed by atoms with van der Waals surface area (Å²) in [6, 6.07) is 12.3. The van der Waals surface area contributed by atoms with Gasteiger partial charge in [-0.1, -0.05) is 18.2 Å². The number of carboxylic acids is 1. The number of carboxylic acid groups (broad SMARTS) is 1. The molecule has 0 aliphatic carbocycles. The molecule has 1 saturated heterocycles. The summed E-state index contributed by atoms with van der Waals surface area (Å²) >= 11 is 0. The average Bonchev–Trinajstić information content (AvgIpc) is 2.59. The summed E-state index contributed by atoms with van der Waals surface area (Å²) < 4.78 is 11.1. The molecule has 2 aromatic carbocycles. The number of hydrogen-bond acceptors (Lipinski definition) is 4. The number of benzene rings is 2. The molecule has 0 amide bonds. The first-order valence-corrected chi connectivity index (χ1v) is 7.79. The first kappa shape index (κ1) is 15.8. The lowest BCUT2D eigenvalue weighted by atomic mass is 10.0. The summed E-state index contributed by atoms with van der Waals surface area (Å²) in [5.74, 6) is 0.0895. The summed E-state index contributed by atoms with van der Waals surface area (Å²) in [7, 11) is 1.66. The van der Waals surface area contributed by atoms with Crippen LogP contribution in [0.4, 0.5) is 0 Å². The third-order valence-corrected chi connectivity index (χ3v) is 4.24. The molecule has 0 unspecified atom stereocenters. The molecular weight excluding hydrogens is 294 g/mol. The van der Waals surface area contributed by atoms with Gasteiger partial charge >= 0.3 is 5.97 Å². The van der Waals surface area contributed by atoms with E-state index in [-0.39, 0.29) is 12.5 Å². The van der Waals surface area contributed by atoms with Crippen molar-refractivity contribution < 1.29 is 19.4 Å². The monoisotopic (exact) mass is 315 g/mol. The quantitative estimate of drug-likeness (QED) is 0.919. The van der Waals surface area contributed by atoms with Crippen molar-refractivity contribution in [2.75, 3.05) is 33.4 Å². The van der Waals surface area contributed by atoms with Crippen LogP contribution in [-0.2, 0) is 9.53 Å². The Morgan fingerprint density at radius 1 is 1.30 bits per heavy atom. The zero-order valence-corrected chi connectivity index (χ0v) is 13.2. The Morgan fingerprint density at radius 3 is 2.87 bits per heavy atom. The van der Waals surface area contributed by atoms with Gasteiger partial charge in [0.1, 0.15) is 5.75 Å². The van der Waals surface area contributed by atoms with Crippen LogP contribution >= 0.6 is 0 Å². The zero-order chi connectivity index (χ0) is 16.2. The predicted octanol–water partition coefficient (Wildman–Crippen LogP) is 2.70. The SMILES string of the molecule is COc1ccc2cc([C@H]3CN(CCC(=O)O)CCO3)ccc2c1. The van der Waals surface area contributed by atoms with Crippen molar-refractivity contribution in [3.05, 3.63) is 42.0 Å². The molecule has 1 heterocycles. The first-order chi connectivity index (χ1) is 11.2. The van der Waals surface area contributed by atoms with E-state index in [4.69, 9.17) is 14.6 Å². The topological polar surface area (TPSA) is 59.0 Å². The van der Waals surface area contributed by atoms with Gasteiger partial charge in [0.2, 0.25) is 0 Å². The molecule has 1 aliphatic rings. The Balaban J connectivity index is 1.75. The maximum atomic E-state index is 10.7. The number of aliphatic carboxylic acids is 1. The molecule has 0 spiro atoms. The highest BCUT2D eigenvalue weighted by molar-refractivity contribution is 5.84. The molecule has 5 nitrogen and oxygen atoms in total. The molecule has 122 valence electrons. The smallest absolute Gasteiger partial charge is 0.304 e. The van der Waals surface area contributed by atoms with Crippen molar-refractivity contribution in [3.63, 3.8) is 0 Å². The van der Waals surface area contributed by atoms with Crippen LogP contribution in [0.1, 0.15) is 18.1 Å². The molecule has 1 atom stereocenters. The number of ether oxygens (including phenoxy) is 2. The molecule has 0 saturated carbocycles. The van der Waals surface area contributed by atoms with E-state index < -0.39 is 5.97 Å². The molecule has 23 heavy (non-hydrogen) atoms. The molecule has 0 radical (unpaired) electrons. The normalized spacial score (nSPS) is 18.9. The van der Waals surface area contributed by atoms with Crippen molar-refractivity contribution in [3.8, 4) is 5.75 Å². The van der Waals surface area contributed by atoms with Gasteiger partial charge in [0.15, 0.2) is 0 Å². The number of rotatable bonds is 5. The second kappa shape index (κ2) is 6.98. The van der Waals surface area contributed by atoms with E-state index in [1.807, 2.05) is 18.2 Å². The average molecular weight is 315 g/mol. The minimum absolute atomic E-state index is 0.0101. The van der Waals surface area contributed by atoms with Gasteiger partial charge in [-0.2, -0.15) is 0 Å². The summed E-state index contributed by atoms with van der Waals surface area (Å²) in [4.78, 5) is 12.9. The Bertz CT molecular complexity index is 700. The van der Waals surface area contributed by atoms with Gasteiger partial charge < -0.3 is 14.6 Å². The third-order valence-electron chi connectivity index (χ3n) is 4.24. The van der Waals surface area contributed by atoms with Crippen molar-refractivity contribution in [2.45, 2.75) is 12.5 Å². The lowest BCUT2D eigenvalue weighted by Crippen LogP contribution is -2.39. The van der Waals surface area contributed by atoms with Crippen molar-refractivity contribution in [1.82, 2.24) is 4.90 Å². The van der Waals surface area contributed by atoms with Gasteiger partial charge in [0.05, 0.1) is 26.2 Å². The van der Waals surface area contributed by atoms with Crippen LogP contribution in [0, 0.1) is 0 Å². The fourth-order valence-electron chi connectivity index (χ4n) is 2.93. The van der Waals surface area contributed by atoms with E-state index in [9.17, 15) is 4.79 Å². The van der Waals surface area contributed by atoms with E-state index in [0.717, 1.165) is 35.2 Å². The summed E-state index contributed by atoms with van der Waals surface area (Å²) in [6.07, 6.45) is 0.161. The Labute approximate surface area is 135 Å². The fourth-order valence-corrected chi connectivity index (χ4v) is 2.93. The Hall–Kier alpha value is -2.11. The molecular formula is C18H21NO4. The van der Waals surface area contributed by atoms with Gasteiger partial charge in [-0.3, -0.25) is 9.69 Å². The highest BCUT2D eigenvalue weighted by atomic mass is 16.5. The fraction of sp³-hybridized carbons (Fsp3) is 0.389. The highest BCUT2D eigenvalue weighted by Gasteiger charge is 2.22. The summed E-state index contributed by atoms with van der Waals surface area (Å²) in [5, 5.41) is 11.1. The number of hydrogen-bond donors (Lipinski definition) is 1. The molecule has 0 bridgehead atoms. The number of methoxy groups -OCH3 is 1. The molecule has 0 aromatic heterocycles. The minimum Gasteiger partial charge on any atom is -0.497 e. The molecule has 2 aromatic rings. The molecule has 1 fully saturated rings. The molecule has 1 aliphatic heterocycles. The van der Waals surface area contributed by atoms with Crippen LogP contribution in [0.2, 0.25) is 0 Å². The third kappa shape index (κ3) is 3.81. The first-order valence-electron chi connectivity index (χ1n) is 7.79. The van der Waals surface area contributed by atoms with Gasteiger partial charge in [-0.25, -0.2) is 0 Å². The number of fused-ring (bicyclic) bond motifs is 1. The number of carbonyl (C=O) groups is 1. The summed E-state index contributed by atoms with van der Waals surface area (Å²) in [5.41, 5.74) is 1.13. The lowest BCUT2D eigenvalue weighted by molar-refractivity contribution is -0.137. The van der Waals surface area contributed by atoms with Crippen molar-refractivity contribution in [2.24, 2.45) is 0 Å². The predicted molar refractivity (Wildman–Crippen MR) is 87.9 cm³/mol. The van der Waals surface area contributed by atoms with E-state index in [1.54, 1.807) is 7.11 Å². The van der Waals surface area contributed by atoms with Crippen LogP contribution in [-0.4, -0.2) is 49.3 Å². The highest BCUT2D eigenvalue weighted by Crippen LogP contribution is 2.27. The number of nitrogens with zero attached hydrogens (tertiary/aromatic N) is 1. The largest absolute Gasteiger partial charge is 0.497 e. The lowest BCUT2D eigenvalue weighted by Gasteiger charge is -2.33. The zero-order valence-electron chi connectivity index (χ0n) is 13.2. The second-order valence-electron chi connectivity index (χ2n) is 5.78. The molecule has 5 heteroatoms. The maximum Gasteiger partial charge on any atom is 0.304 e. The van der Waals surface area contributed by atoms with E-state index in [0.29, 0.717) is 13.2 Å². The molecule has 1 N–H and O–H groups in total. The van der Waals surface area contributed by atoms with Crippen LogP contribution in [0.25, 0.3) is 10.8 Å². The summed E-state index contributed by atoms with van der Waals surface area (Å²) in [6.45, 7) is 2.72. The Morgan fingerprint density at radius 2 is 2.09 bits per heavy atom. The van der Waals surface area contributed by atoms with E-state index in [2.05, 4.69) is 23.1 Å². The van der Waals surface area contributed by atoms with Gasteiger partial charge in [0, 0.05) is 19.6 Å². The standard InChI is InChI=1S/C18H21NO4/c1-22-16-5-4-13-10-15(3-2-14(13)11-16)17-12-19(8-9-23-17)7-6-18(20)21/h2-5,10-11,17H,6-9,12H2,1H3,(H,20,21)/t17-/m1/s1. The Kier molecular flexibility index (Phi) is 4.79.